The van der Waals surface area contributed by atoms with Gasteiger partial charge in [0, 0.05) is 24.0 Å². The summed E-state index contributed by atoms with van der Waals surface area (Å²) < 4.78 is 0. The van der Waals surface area contributed by atoms with Crippen molar-refractivity contribution in [2.45, 2.75) is 38.8 Å². The summed E-state index contributed by atoms with van der Waals surface area (Å²) in [6, 6.07) is 10.1. The lowest BCUT2D eigenvalue weighted by Crippen LogP contribution is -2.41. The molecule has 1 rings (SSSR count). The molecule has 0 heterocycles. The van der Waals surface area contributed by atoms with Crippen LogP contribution in [0, 0.1) is 11.3 Å². The highest BCUT2D eigenvalue weighted by molar-refractivity contribution is 6.31. The summed E-state index contributed by atoms with van der Waals surface area (Å²) in [6.45, 7) is 5.73. The Labute approximate surface area is 121 Å². The summed E-state index contributed by atoms with van der Waals surface area (Å²) in [7, 11) is 0. The molecule has 104 valence electrons. The first kappa shape index (κ1) is 16.0. The number of likely N-dealkylation sites (N-methyl/N-ethyl adjacent to an activating group) is 1. The fourth-order valence-corrected chi connectivity index (χ4v) is 2.57. The van der Waals surface area contributed by atoms with Crippen molar-refractivity contribution in [3.63, 3.8) is 0 Å². The zero-order valence-corrected chi connectivity index (χ0v) is 12.4. The number of hydrogen-bond donors (Lipinski definition) is 1. The normalized spacial score (nSPS) is 14.1. The number of nitrogens with two attached hydrogens (primary N) is 1. The standard InChI is InChI=1S/C15H22ClN3/c1-3-14(18)15(19(4-2)11-7-10-17)12-8-5-6-9-13(12)16/h5-6,8-9,14-15H,3-4,7,11,18H2,1-2H3. The van der Waals surface area contributed by atoms with Crippen molar-refractivity contribution < 1.29 is 0 Å². The Kier molecular flexibility index (Phi) is 6.86. The minimum absolute atomic E-state index is 0.0125. The van der Waals surface area contributed by atoms with Gasteiger partial charge in [0.25, 0.3) is 0 Å². The topological polar surface area (TPSA) is 53.0 Å². The van der Waals surface area contributed by atoms with E-state index in [1.54, 1.807) is 0 Å². The van der Waals surface area contributed by atoms with Crippen molar-refractivity contribution in [3.05, 3.63) is 34.9 Å². The van der Waals surface area contributed by atoms with Crippen molar-refractivity contribution in [2.75, 3.05) is 13.1 Å². The monoisotopic (exact) mass is 279 g/mol. The Morgan fingerprint density at radius 2 is 2.05 bits per heavy atom. The maximum Gasteiger partial charge on any atom is 0.0635 e. The van der Waals surface area contributed by atoms with Gasteiger partial charge in [0.2, 0.25) is 0 Å². The minimum atomic E-state index is 0.0125. The van der Waals surface area contributed by atoms with Gasteiger partial charge in [-0.15, -0.1) is 0 Å². The van der Waals surface area contributed by atoms with Gasteiger partial charge < -0.3 is 5.73 Å². The van der Waals surface area contributed by atoms with E-state index in [1.165, 1.54) is 0 Å². The Balaban J connectivity index is 3.07. The fraction of sp³-hybridized carbons (Fsp3) is 0.533. The molecule has 1 aromatic carbocycles. The van der Waals surface area contributed by atoms with E-state index in [0.29, 0.717) is 6.42 Å². The van der Waals surface area contributed by atoms with E-state index in [0.717, 1.165) is 30.1 Å². The number of nitrogens with zero attached hydrogens (tertiary/aromatic N) is 2. The number of rotatable bonds is 7. The molecule has 0 aromatic heterocycles. The molecule has 2 atom stereocenters. The van der Waals surface area contributed by atoms with Crippen LogP contribution in [-0.2, 0) is 0 Å². The third-order valence-corrected chi connectivity index (χ3v) is 3.76. The number of benzene rings is 1. The van der Waals surface area contributed by atoms with Crippen molar-refractivity contribution in [2.24, 2.45) is 5.73 Å². The minimum Gasteiger partial charge on any atom is -0.326 e. The molecule has 0 saturated carbocycles. The van der Waals surface area contributed by atoms with Crippen molar-refractivity contribution >= 4 is 11.6 Å². The molecule has 2 unspecified atom stereocenters. The molecule has 0 bridgehead atoms. The van der Waals surface area contributed by atoms with Crippen molar-refractivity contribution in [3.8, 4) is 6.07 Å². The second-order valence-corrected chi connectivity index (χ2v) is 4.98. The van der Waals surface area contributed by atoms with E-state index < -0.39 is 0 Å². The van der Waals surface area contributed by atoms with Crippen LogP contribution in [-0.4, -0.2) is 24.0 Å². The summed E-state index contributed by atoms with van der Waals surface area (Å²) in [6.07, 6.45) is 1.38. The van der Waals surface area contributed by atoms with E-state index in [9.17, 15) is 0 Å². The molecule has 2 N–H and O–H groups in total. The number of nitriles is 1. The van der Waals surface area contributed by atoms with Gasteiger partial charge in [-0.2, -0.15) is 5.26 Å². The molecule has 0 aliphatic heterocycles. The van der Waals surface area contributed by atoms with Crippen LogP contribution in [0.3, 0.4) is 0 Å². The lowest BCUT2D eigenvalue weighted by Gasteiger charge is -2.35. The maximum absolute atomic E-state index is 8.78. The highest BCUT2D eigenvalue weighted by Crippen LogP contribution is 2.30. The van der Waals surface area contributed by atoms with Crippen LogP contribution in [0.4, 0.5) is 0 Å². The predicted molar refractivity (Wildman–Crippen MR) is 79.9 cm³/mol. The lowest BCUT2D eigenvalue weighted by molar-refractivity contribution is 0.181. The Morgan fingerprint density at radius 1 is 1.37 bits per heavy atom. The van der Waals surface area contributed by atoms with E-state index in [1.807, 2.05) is 24.3 Å². The van der Waals surface area contributed by atoms with Crippen LogP contribution in [0.15, 0.2) is 24.3 Å². The molecule has 19 heavy (non-hydrogen) atoms. The average Bonchev–Trinajstić information content (AvgIpc) is 2.44. The van der Waals surface area contributed by atoms with Crippen LogP contribution < -0.4 is 5.73 Å². The van der Waals surface area contributed by atoms with E-state index in [4.69, 9.17) is 22.6 Å². The fourth-order valence-electron chi connectivity index (χ4n) is 2.32. The molecule has 0 radical (unpaired) electrons. The Morgan fingerprint density at radius 3 is 2.58 bits per heavy atom. The van der Waals surface area contributed by atoms with Gasteiger partial charge in [-0.1, -0.05) is 43.6 Å². The molecule has 0 aliphatic rings. The molecule has 0 amide bonds. The molecule has 0 fully saturated rings. The second kappa shape index (κ2) is 8.16. The van der Waals surface area contributed by atoms with Crippen LogP contribution in [0.25, 0.3) is 0 Å². The van der Waals surface area contributed by atoms with Gasteiger partial charge in [0.1, 0.15) is 0 Å². The molecular weight excluding hydrogens is 258 g/mol. The Hall–Kier alpha value is -1.08. The molecular formula is C15H22ClN3. The van der Waals surface area contributed by atoms with Gasteiger partial charge in [-0.3, -0.25) is 4.90 Å². The highest BCUT2D eigenvalue weighted by atomic mass is 35.5. The van der Waals surface area contributed by atoms with Crippen LogP contribution >= 0.6 is 11.6 Å². The third-order valence-electron chi connectivity index (χ3n) is 3.41. The van der Waals surface area contributed by atoms with E-state index in [2.05, 4.69) is 24.8 Å². The average molecular weight is 280 g/mol. The Bertz CT molecular complexity index is 428. The largest absolute Gasteiger partial charge is 0.326 e. The quantitative estimate of drug-likeness (QED) is 0.833. The molecule has 3 nitrogen and oxygen atoms in total. The summed E-state index contributed by atoms with van der Waals surface area (Å²) in [5.41, 5.74) is 7.34. The smallest absolute Gasteiger partial charge is 0.0635 e. The first-order chi connectivity index (χ1) is 9.15. The second-order valence-electron chi connectivity index (χ2n) is 4.58. The first-order valence-electron chi connectivity index (χ1n) is 6.76. The molecule has 4 heteroatoms. The molecule has 0 saturated heterocycles. The van der Waals surface area contributed by atoms with Gasteiger partial charge in [0.15, 0.2) is 0 Å². The molecule has 1 aromatic rings. The van der Waals surface area contributed by atoms with Crippen molar-refractivity contribution in [1.82, 2.24) is 4.90 Å². The van der Waals surface area contributed by atoms with Gasteiger partial charge >= 0.3 is 0 Å². The highest BCUT2D eigenvalue weighted by Gasteiger charge is 2.26. The molecule has 0 spiro atoms. The summed E-state index contributed by atoms with van der Waals surface area (Å²) >= 11 is 6.31. The van der Waals surface area contributed by atoms with Crippen molar-refractivity contribution in [1.29, 1.82) is 5.26 Å². The summed E-state index contributed by atoms with van der Waals surface area (Å²) in [4.78, 5) is 2.23. The van der Waals surface area contributed by atoms with Gasteiger partial charge in [-0.25, -0.2) is 0 Å². The lowest BCUT2D eigenvalue weighted by atomic mass is 9.96. The van der Waals surface area contributed by atoms with Crippen LogP contribution in [0.5, 0.6) is 0 Å². The van der Waals surface area contributed by atoms with E-state index in [-0.39, 0.29) is 12.1 Å². The molecule has 0 aliphatic carbocycles. The SMILES string of the molecule is CCC(N)C(c1ccccc1Cl)N(CC)CCC#N. The third kappa shape index (κ3) is 4.21. The first-order valence-corrected chi connectivity index (χ1v) is 7.14. The zero-order valence-electron chi connectivity index (χ0n) is 11.6. The van der Waals surface area contributed by atoms with Crippen LogP contribution in [0.1, 0.15) is 38.3 Å². The van der Waals surface area contributed by atoms with Crippen LogP contribution in [0.2, 0.25) is 5.02 Å². The maximum atomic E-state index is 8.78. The zero-order chi connectivity index (χ0) is 14.3. The van der Waals surface area contributed by atoms with Gasteiger partial charge in [-0.05, 0) is 24.6 Å². The number of halogens is 1. The summed E-state index contributed by atoms with van der Waals surface area (Å²) in [5.74, 6) is 0. The van der Waals surface area contributed by atoms with E-state index >= 15 is 0 Å². The number of hydrogen-bond acceptors (Lipinski definition) is 3. The van der Waals surface area contributed by atoms with Gasteiger partial charge in [0.05, 0.1) is 12.1 Å². The summed E-state index contributed by atoms with van der Waals surface area (Å²) in [5, 5.41) is 9.52. The predicted octanol–water partition coefficient (Wildman–Crippen LogP) is 3.35.